The minimum Gasteiger partial charge on any atom is -0.333 e. The maximum absolute atomic E-state index is 12.9. The third-order valence-corrected chi connectivity index (χ3v) is 3.00. The van der Waals surface area contributed by atoms with Gasteiger partial charge in [0.2, 0.25) is 5.91 Å². The van der Waals surface area contributed by atoms with Crippen molar-refractivity contribution < 1.29 is 18.4 Å². The van der Waals surface area contributed by atoms with Crippen LogP contribution in [0.25, 0.3) is 0 Å². The van der Waals surface area contributed by atoms with Crippen LogP contribution in [0, 0.1) is 11.6 Å². The van der Waals surface area contributed by atoms with Gasteiger partial charge >= 0.3 is 6.03 Å². The normalized spacial score (nSPS) is 11.1. The minimum absolute atomic E-state index is 0.0668. The van der Waals surface area contributed by atoms with Gasteiger partial charge in [0.25, 0.3) is 0 Å². The molecule has 0 fully saturated rings. The summed E-state index contributed by atoms with van der Waals surface area (Å²) in [4.78, 5) is 23.3. The Morgan fingerprint density at radius 3 is 2.40 bits per heavy atom. The largest absolute Gasteiger partial charge is 0.333 e. The highest BCUT2D eigenvalue weighted by molar-refractivity contribution is 8.00. The predicted octanol–water partition coefficient (Wildman–Crippen LogP) is 2.68. The number of benzene rings is 1. The number of halogens is 2. The summed E-state index contributed by atoms with van der Waals surface area (Å²) < 4.78 is 25.7. The molecule has 0 saturated carbocycles. The zero-order valence-corrected chi connectivity index (χ0v) is 12.2. The van der Waals surface area contributed by atoms with E-state index in [0.29, 0.717) is 4.90 Å². The van der Waals surface area contributed by atoms with Gasteiger partial charge in [-0.1, -0.05) is 0 Å². The number of thioether (sulfide) groups is 1. The third-order valence-electron chi connectivity index (χ3n) is 2.00. The Morgan fingerprint density at radius 1 is 1.20 bits per heavy atom. The highest BCUT2D eigenvalue weighted by atomic mass is 32.2. The van der Waals surface area contributed by atoms with Crippen molar-refractivity contribution in [2.45, 2.75) is 31.2 Å². The summed E-state index contributed by atoms with van der Waals surface area (Å²) in [5.74, 6) is -2.49. The first-order valence-corrected chi connectivity index (χ1v) is 6.86. The number of carbonyl (C=O) groups excluding carboxylic acids is 2. The van der Waals surface area contributed by atoms with E-state index in [1.807, 2.05) is 0 Å². The molecular weight excluding hydrogens is 286 g/mol. The summed E-state index contributed by atoms with van der Waals surface area (Å²) in [5, 5.41) is 4.73. The molecule has 0 unspecified atom stereocenters. The smallest absolute Gasteiger partial charge is 0.321 e. The molecule has 0 aliphatic rings. The molecule has 0 aliphatic heterocycles. The molecule has 3 amide bonds. The van der Waals surface area contributed by atoms with Crippen molar-refractivity contribution in [2.75, 3.05) is 5.75 Å². The fraction of sp³-hybridized carbons (Fsp3) is 0.385. The summed E-state index contributed by atoms with van der Waals surface area (Å²) in [6.45, 7) is 5.35. The van der Waals surface area contributed by atoms with Crippen molar-refractivity contribution in [1.82, 2.24) is 10.6 Å². The van der Waals surface area contributed by atoms with Crippen LogP contribution in [0.1, 0.15) is 20.8 Å². The highest BCUT2D eigenvalue weighted by Crippen LogP contribution is 2.19. The van der Waals surface area contributed by atoms with Crippen molar-refractivity contribution in [3.05, 3.63) is 29.8 Å². The van der Waals surface area contributed by atoms with E-state index in [4.69, 9.17) is 0 Å². The van der Waals surface area contributed by atoms with E-state index in [0.717, 1.165) is 23.9 Å². The van der Waals surface area contributed by atoms with Gasteiger partial charge in [-0.2, -0.15) is 0 Å². The minimum atomic E-state index is -0.971. The first kappa shape index (κ1) is 16.4. The second-order valence-corrected chi connectivity index (χ2v) is 6.17. The Bertz CT molecular complexity index is 516. The SMILES string of the molecule is CC(C)(C)NC(=O)NC(=O)CSc1ccc(F)c(F)c1. The molecule has 0 radical (unpaired) electrons. The van der Waals surface area contributed by atoms with Crippen LogP contribution in [-0.2, 0) is 4.79 Å². The summed E-state index contributed by atoms with van der Waals surface area (Å²) >= 11 is 1.01. The lowest BCUT2D eigenvalue weighted by molar-refractivity contribution is -0.117. The van der Waals surface area contributed by atoms with Gasteiger partial charge in [-0.15, -0.1) is 11.8 Å². The number of amides is 3. The molecule has 0 aromatic heterocycles. The van der Waals surface area contributed by atoms with Gasteiger partial charge in [-0.25, -0.2) is 13.6 Å². The number of hydrogen-bond acceptors (Lipinski definition) is 3. The molecule has 110 valence electrons. The lowest BCUT2D eigenvalue weighted by Crippen LogP contribution is -2.48. The summed E-state index contributed by atoms with van der Waals surface area (Å²) in [7, 11) is 0. The van der Waals surface area contributed by atoms with Gasteiger partial charge in [0.05, 0.1) is 5.75 Å². The Balaban J connectivity index is 2.43. The molecule has 0 atom stereocenters. The van der Waals surface area contributed by atoms with E-state index in [1.54, 1.807) is 20.8 Å². The number of carbonyl (C=O) groups is 2. The summed E-state index contributed by atoms with van der Waals surface area (Å²) in [5.41, 5.74) is -0.447. The van der Waals surface area contributed by atoms with E-state index in [9.17, 15) is 18.4 Å². The first-order valence-electron chi connectivity index (χ1n) is 5.87. The van der Waals surface area contributed by atoms with Crippen molar-refractivity contribution in [2.24, 2.45) is 0 Å². The fourth-order valence-electron chi connectivity index (χ4n) is 1.25. The molecule has 4 nitrogen and oxygen atoms in total. The van der Waals surface area contributed by atoms with Crippen molar-refractivity contribution in [3.63, 3.8) is 0 Å². The molecule has 7 heteroatoms. The number of nitrogens with one attached hydrogen (secondary N) is 2. The van der Waals surface area contributed by atoms with Crippen LogP contribution in [0.5, 0.6) is 0 Å². The average Bonchev–Trinajstić information content (AvgIpc) is 2.28. The molecular formula is C13H16F2N2O2S. The van der Waals surface area contributed by atoms with E-state index in [1.165, 1.54) is 6.07 Å². The fourth-order valence-corrected chi connectivity index (χ4v) is 1.97. The molecule has 1 aromatic rings. The topological polar surface area (TPSA) is 58.2 Å². The van der Waals surface area contributed by atoms with Gasteiger partial charge in [0.15, 0.2) is 11.6 Å². The Hall–Kier alpha value is -1.63. The van der Waals surface area contributed by atoms with Crippen LogP contribution in [0.15, 0.2) is 23.1 Å². The van der Waals surface area contributed by atoms with Crippen molar-refractivity contribution in [1.29, 1.82) is 0 Å². The zero-order chi connectivity index (χ0) is 15.3. The lowest BCUT2D eigenvalue weighted by Gasteiger charge is -2.20. The molecule has 0 heterocycles. The molecule has 1 rings (SSSR count). The molecule has 0 spiro atoms. The molecule has 0 bridgehead atoms. The van der Waals surface area contributed by atoms with Gasteiger partial charge in [-0.3, -0.25) is 10.1 Å². The Kier molecular flexibility index (Phi) is 5.50. The standard InChI is InChI=1S/C13H16F2N2O2S/c1-13(2,3)17-12(19)16-11(18)7-20-8-4-5-9(14)10(15)6-8/h4-6H,7H2,1-3H3,(H2,16,17,18,19). The zero-order valence-electron chi connectivity index (χ0n) is 11.4. The van der Waals surface area contributed by atoms with Crippen LogP contribution in [0.3, 0.4) is 0 Å². The van der Waals surface area contributed by atoms with E-state index < -0.39 is 29.1 Å². The molecule has 0 saturated heterocycles. The van der Waals surface area contributed by atoms with Gasteiger partial charge < -0.3 is 5.32 Å². The number of imide groups is 1. The van der Waals surface area contributed by atoms with Crippen LogP contribution < -0.4 is 10.6 Å². The third kappa shape index (κ3) is 6.01. The quantitative estimate of drug-likeness (QED) is 0.844. The maximum Gasteiger partial charge on any atom is 0.321 e. The summed E-state index contributed by atoms with van der Waals surface area (Å²) in [6, 6.07) is 2.77. The van der Waals surface area contributed by atoms with Gasteiger partial charge in [0.1, 0.15) is 0 Å². The van der Waals surface area contributed by atoms with Crippen molar-refractivity contribution >= 4 is 23.7 Å². The van der Waals surface area contributed by atoms with E-state index >= 15 is 0 Å². The number of hydrogen-bond donors (Lipinski definition) is 2. The van der Waals surface area contributed by atoms with Gasteiger partial charge in [-0.05, 0) is 39.0 Å². The average molecular weight is 302 g/mol. The van der Waals surface area contributed by atoms with Gasteiger partial charge in [0, 0.05) is 10.4 Å². The predicted molar refractivity (Wildman–Crippen MR) is 73.5 cm³/mol. The molecule has 20 heavy (non-hydrogen) atoms. The Labute approximate surface area is 120 Å². The summed E-state index contributed by atoms with van der Waals surface area (Å²) in [6.07, 6.45) is 0. The second kappa shape index (κ2) is 6.69. The molecule has 0 aliphatic carbocycles. The van der Waals surface area contributed by atoms with Crippen LogP contribution >= 0.6 is 11.8 Å². The molecule has 1 aromatic carbocycles. The van der Waals surface area contributed by atoms with Crippen LogP contribution in [0.4, 0.5) is 13.6 Å². The van der Waals surface area contributed by atoms with Crippen molar-refractivity contribution in [3.8, 4) is 0 Å². The van der Waals surface area contributed by atoms with Crippen LogP contribution in [0.2, 0.25) is 0 Å². The highest BCUT2D eigenvalue weighted by Gasteiger charge is 2.15. The maximum atomic E-state index is 12.9. The van der Waals surface area contributed by atoms with E-state index in [-0.39, 0.29) is 5.75 Å². The second-order valence-electron chi connectivity index (χ2n) is 5.12. The first-order chi connectivity index (χ1) is 9.17. The lowest BCUT2D eigenvalue weighted by atomic mass is 10.1. The Morgan fingerprint density at radius 2 is 1.85 bits per heavy atom. The number of urea groups is 1. The van der Waals surface area contributed by atoms with E-state index in [2.05, 4.69) is 10.6 Å². The number of rotatable bonds is 3. The van der Waals surface area contributed by atoms with Crippen LogP contribution in [-0.4, -0.2) is 23.2 Å². The monoisotopic (exact) mass is 302 g/mol. The molecule has 2 N–H and O–H groups in total.